The SMILES string of the molecule is Cc1[nH]nc(CO)c1-c1ccc(NC(=O)[C@@H](NC(=O)c2ccnn2C(C)C)C(C2CC2)C2CC2)cc1. The molecule has 2 saturated carbocycles. The number of hydrogen-bond donors (Lipinski definition) is 4. The van der Waals surface area contributed by atoms with Gasteiger partial charge >= 0.3 is 0 Å². The van der Waals surface area contributed by atoms with Crippen molar-refractivity contribution in [2.75, 3.05) is 5.32 Å². The van der Waals surface area contributed by atoms with Gasteiger partial charge < -0.3 is 15.7 Å². The Bertz CT molecular complexity index is 1220. The minimum atomic E-state index is -0.607. The standard InChI is InChI=1S/C27H34N6O3/c1-15(2)33-22(12-13-28-33)26(35)30-25(24(18-4-5-18)19-6-7-19)27(36)29-20-10-8-17(9-11-20)23-16(3)31-32-21(23)14-34/h8-13,15,18-19,24-25,34H,4-7,14H2,1-3H3,(H,29,36)(H,30,35)(H,31,32)/t25-/m0/s1. The Morgan fingerprint density at radius 1 is 1.11 bits per heavy atom. The smallest absolute Gasteiger partial charge is 0.270 e. The number of carbonyl (C=O) groups is 2. The summed E-state index contributed by atoms with van der Waals surface area (Å²) >= 11 is 0. The molecule has 0 saturated heterocycles. The van der Waals surface area contributed by atoms with Crippen LogP contribution in [0.3, 0.4) is 0 Å². The van der Waals surface area contributed by atoms with Crippen molar-refractivity contribution in [3.05, 3.63) is 53.6 Å². The minimum absolute atomic E-state index is 0.0411. The van der Waals surface area contributed by atoms with E-state index in [1.165, 1.54) is 0 Å². The maximum Gasteiger partial charge on any atom is 0.270 e. The average molecular weight is 491 g/mol. The molecular weight excluding hydrogens is 456 g/mol. The number of nitrogens with one attached hydrogen (secondary N) is 3. The second-order valence-corrected chi connectivity index (χ2v) is 10.4. The first kappa shape index (κ1) is 24.2. The van der Waals surface area contributed by atoms with Crippen molar-refractivity contribution in [3.63, 3.8) is 0 Å². The van der Waals surface area contributed by atoms with E-state index in [4.69, 9.17) is 0 Å². The van der Waals surface area contributed by atoms with E-state index in [0.29, 0.717) is 28.9 Å². The summed E-state index contributed by atoms with van der Waals surface area (Å²) in [6.07, 6.45) is 6.05. The van der Waals surface area contributed by atoms with Crippen LogP contribution in [-0.2, 0) is 11.4 Å². The van der Waals surface area contributed by atoms with Crippen molar-refractivity contribution < 1.29 is 14.7 Å². The van der Waals surface area contributed by atoms with E-state index in [1.54, 1.807) is 16.9 Å². The highest BCUT2D eigenvalue weighted by molar-refractivity contribution is 6.01. The summed E-state index contributed by atoms with van der Waals surface area (Å²) in [5.74, 6) is 0.643. The topological polar surface area (TPSA) is 125 Å². The monoisotopic (exact) mass is 490 g/mol. The van der Waals surface area contributed by atoms with Crippen LogP contribution in [0.5, 0.6) is 0 Å². The van der Waals surface area contributed by atoms with Gasteiger partial charge in [0.1, 0.15) is 11.7 Å². The Morgan fingerprint density at radius 2 is 1.78 bits per heavy atom. The normalized spacial score (nSPS) is 16.4. The molecule has 2 heterocycles. The third-order valence-corrected chi connectivity index (χ3v) is 7.29. The van der Waals surface area contributed by atoms with Gasteiger partial charge in [-0.25, -0.2) is 0 Å². The minimum Gasteiger partial charge on any atom is -0.390 e. The fourth-order valence-electron chi connectivity index (χ4n) is 5.27. The van der Waals surface area contributed by atoms with E-state index in [1.807, 2.05) is 45.0 Å². The number of nitrogens with zero attached hydrogens (tertiary/aromatic N) is 3. The van der Waals surface area contributed by atoms with Gasteiger partial charge in [-0.05, 0) is 88.0 Å². The van der Waals surface area contributed by atoms with Gasteiger partial charge in [0.2, 0.25) is 5.91 Å². The van der Waals surface area contributed by atoms with Crippen LogP contribution in [0.15, 0.2) is 36.5 Å². The summed E-state index contributed by atoms with van der Waals surface area (Å²) in [7, 11) is 0. The molecule has 0 unspecified atom stereocenters. The Labute approximate surface area is 210 Å². The Kier molecular flexibility index (Phi) is 6.66. The Morgan fingerprint density at radius 3 is 2.36 bits per heavy atom. The van der Waals surface area contributed by atoms with Gasteiger partial charge in [0, 0.05) is 29.2 Å². The number of rotatable bonds is 10. The lowest BCUT2D eigenvalue weighted by molar-refractivity contribution is -0.119. The van der Waals surface area contributed by atoms with Crippen LogP contribution in [0.25, 0.3) is 11.1 Å². The zero-order valence-corrected chi connectivity index (χ0v) is 21.0. The molecular formula is C27H34N6O3. The van der Waals surface area contributed by atoms with E-state index >= 15 is 0 Å². The van der Waals surface area contributed by atoms with Crippen LogP contribution in [-0.4, -0.2) is 42.9 Å². The molecule has 190 valence electrons. The predicted octanol–water partition coefficient (Wildman–Crippen LogP) is 3.83. The summed E-state index contributed by atoms with van der Waals surface area (Å²) in [5.41, 5.74) is 4.36. The van der Waals surface area contributed by atoms with Crippen LogP contribution >= 0.6 is 0 Å². The zero-order valence-electron chi connectivity index (χ0n) is 21.0. The molecule has 5 rings (SSSR count). The molecule has 0 aliphatic heterocycles. The highest BCUT2D eigenvalue weighted by Gasteiger charge is 2.48. The number of amides is 2. The van der Waals surface area contributed by atoms with Crippen molar-refractivity contribution in [2.45, 2.75) is 65.1 Å². The highest BCUT2D eigenvalue weighted by Crippen LogP contribution is 2.51. The van der Waals surface area contributed by atoms with Crippen LogP contribution in [0.1, 0.15) is 67.4 Å². The van der Waals surface area contributed by atoms with E-state index in [-0.39, 0.29) is 30.4 Å². The van der Waals surface area contributed by atoms with E-state index < -0.39 is 6.04 Å². The number of H-pyrrole nitrogens is 1. The van der Waals surface area contributed by atoms with Crippen LogP contribution in [0.2, 0.25) is 0 Å². The third kappa shape index (κ3) is 4.93. The molecule has 2 aliphatic rings. The first-order valence-corrected chi connectivity index (χ1v) is 12.8. The van der Waals surface area contributed by atoms with Crippen LogP contribution in [0, 0.1) is 24.7 Å². The summed E-state index contributed by atoms with van der Waals surface area (Å²) in [6.45, 7) is 5.71. The maximum absolute atomic E-state index is 13.6. The Balaban J connectivity index is 1.36. The molecule has 9 heteroatoms. The summed E-state index contributed by atoms with van der Waals surface area (Å²) in [4.78, 5) is 26.9. The van der Waals surface area contributed by atoms with E-state index in [0.717, 1.165) is 42.5 Å². The summed E-state index contributed by atoms with van der Waals surface area (Å²) in [5, 5.41) is 27.0. The molecule has 36 heavy (non-hydrogen) atoms. The third-order valence-electron chi connectivity index (χ3n) is 7.29. The number of anilines is 1. The quantitative estimate of drug-likeness (QED) is 0.344. The van der Waals surface area contributed by atoms with Gasteiger partial charge in [-0.15, -0.1) is 0 Å². The van der Waals surface area contributed by atoms with Crippen molar-refractivity contribution in [3.8, 4) is 11.1 Å². The zero-order chi connectivity index (χ0) is 25.4. The van der Waals surface area contributed by atoms with Gasteiger partial charge in [-0.1, -0.05) is 12.1 Å². The molecule has 2 amide bonds. The predicted molar refractivity (Wildman–Crippen MR) is 136 cm³/mol. The van der Waals surface area contributed by atoms with Crippen LogP contribution < -0.4 is 10.6 Å². The summed E-state index contributed by atoms with van der Waals surface area (Å²) < 4.78 is 1.69. The molecule has 2 aromatic heterocycles. The Hall–Kier alpha value is -3.46. The molecule has 2 aliphatic carbocycles. The largest absolute Gasteiger partial charge is 0.390 e. The molecule has 9 nitrogen and oxygen atoms in total. The molecule has 0 radical (unpaired) electrons. The number of hydrogen-bond acceptors (Lipinski definition) is 5. The van der Waals surface area contributed by atoms with Gasteiger partial charge in [-0.2, -0.15) is 10.2 Å². The van der Waals surface area contributed by atoms with Crippen molar-refractivity contribution >= 4 is 17.5 Å². The molecule has 1 aromatic carbocycles. The molecule has 4 N–H and O–H groups in total. The number of aromatic nitrogens is 4. The number of aromatic amines is 1. The number of aryl methyl sites for hydroxylation is 1. The maximum atomic E-state index is 13.6. The molecule has 2 fully saturated rings. The van der Waals surface area contributed by atoms with E-state index in [9.17, 15) is 14.7 Å². The number of carbonyl (C=O) groups excluding carboxylic acids is 2. The van der Waals surface area contributed by atoms with Crippen molar-refractivity contribution in [1.82, 2.24) is 25.3 Å². The summed E-state index contributed by atoms with van der Waals surface area (Å²) in [6, 6.07) is 8.63. The second-order valence-electron chi connectivity index (χ2n) is 10.4. The lowest BCUT2D eigenvalue weighted by Gasteiger charge is -2.28. The molecule has 0 spiro atoms. The van der Waals surface area contributed by atoms with Crippen molar-refractivity contribution in [2.24, 2.45) is 17.8 Å². The lowest BCUT2D eigenvalue weighted by atomic mass is 9.88. The fourth-order valence-corrected chi connectivity index (χ4v) is 5.27. The number of aliphatic hydroxyl groups excluding tert-OH is 1. The van der Waals surface area contributed by atoms with Gasteiger partial charge in [0.05, 0.1) is 12.3 Å². The number of benzene rings is 1. The number of aliphatic hydroxyl groups is 1. The first-order valence-electron chi connectivity index (χ1n) is 12.8. The van der Waals surface area contributed by atoms with Crippen LogP contribution in [0.4, 0.5) is 5.69 Å². The molecule has 0 bridgehead atoms. The fraction of sp³-hybridized carbons (Fsp3) is 0.481. The van der Waals surface area contributed by atoms with E-state index in [2.05, 4.69) is 25.9 Å². The average Bonchev–Trinajstić information content (AvgIpc) is 3.79. The molecule has 3 aromatic rings. The lowest BCUT2D eigenvalue weighted by Crippen LogP contribution is -2.50. The van der Waals surface area contributed by atoms with Gasteiger partial charge in [-0.3, -0.25) is 19.4 Å². The molecule has 1 atom stereocenters. The van der Waals surface area contributed by atoms with Crippen molar-refractivity contribution in [1.29, 1.82) is 0 Å². The highest BCUT2D eigenvalue weighted by atomic mass is 16.3. The van der Waals surface area contributed by atoms with Gasteiger partial charge in [0.15, 0.2) is 0 Å². The second kappa shape index (κ2) is 9.89. The first-order chi connectivity index (χ1) is 17.4. The van der Waals surface area contributed by atoms with Gasteiger partial charge in [0.25, 0.3) is 5.91 Å².